The summed E-state index contributed by atoms with van der Waals surface area (Å²) in [5, 5.41) is 10.2. The Balaban J connectivity index is 3.35. The molecule has 0 spiro atoms. The first kappa shape index (κ1) is 12.4. The highest BCUT2D eigenvalue weighted by Crippen LogP contribution is 2.30. The lowest BCUT2D eigenvalue weighted by Gasteiger charge is -2.04. The van der Waals surface area contributed by atoms with Gasteiger partial charge in [-0.1, -0.05) is 11.6 Å². The Bertz CT molecular complexity index is 449. The van der Waals surface area contributed by atoms with Gasteiger partial charge in [-0.2, -0.15) is 0 Å². The maximum absolute atomic E-state index is 13.0. The summed E-state index contributed by atoms with van der Waals surface area (Å²) in [6.45, 7) is 1.56. The Morgan fingerprint density at radius 3 is 2.75 bits per heavy atom. The molecule has 0 aliphatic carbocycles. The van der Waals surface area contributed by atoms with E-state index in [0.717, 1.165) is 12.1 Å². The Labute approximate surface area is 94.9 Å². The smallest absolute Gasteiger partial charge is 0.345 e. The predicted octanol–water partition coefficient (Wildman–Crippen LogP) is 2.56. The molecule has 86 valence electrons. The van der Waals surface area contributed by atoms with Crippen molar-refractivity contribution in [1.82, 2.24) is 0 Å². The minimum absolute atomic E-state index is 0.0319. The van der Waals surface area contributed by atoms with Crippen molar-refractivity contribution >= 4 is 23.3 Å². The molecule has 1 aromatic carbocycles. The van der Waals surface area contributed by atoms with E-state index in [1.165, 1.54) is 6.92 Å². The number of benzene rings is 1. The lowest BCUT2D eigenvalue weighted by Crippen LogP contribution is -2.09. The predicted molar refractivity (Wildman–Crippen MR) is 54.0 cm³/mol. The van der Waals surface area contributed by atoms with Gasteiger partial charge in [0.15, 0.2) is 0 Å². The number of halogens is 2. The Hall–Kier alpha value is -1.69. The maximum atomic E-state index is 13.0. The molecular weight excluding hydrogens is 241 g/mol. The van der Waals surface area contributed by atoms with Gasteiger partial charge in [0.25, 0.3) is 0 Å². The van der Waals surface area contributed by atoms with Crippen LogP contribution in [0.3, 0.4) is 0 Å². The molecule has 0 saturated heterocycles. The zero-order valence-corrected chi connectivity index (χ0v) is 8.95. The van der Waals surface area contributed by atoms with E-state index in [4.69, 9.17) is 11.6 Å². The van der Waals surface area contributed by atoms with Crippen LogP contribution in [0.1, 0.15) is 17.3 Å². The topological polar surface area (TPSA) is 69.4 Å². The molecule has 1 rings (SSSR count). The molecule has 0 fully saturated rings. The summed E-state index contributed by atoms with van der Waals surface area (Å²) < 4.78 is 17.5. The molecule has 0 atom stereocenters. The summed E-state index contributed by atoms with van der Waals surface area (Å²) in [6, 6.07) is 1.49. The fourth-order valence-corrected chi connectivity index (χ4v) is 1.39. The first-order valence-corrected chi connectivity index (χ1v) is 4.65. The highest BCUT2D eigenvalue weighted by Gasteiger charge is 2.26. The van der Waals surface area contributed by atoms with Crippen LogP contribution in [-0.2, 0) is 4.74 Å². The molecule has 0 bridgehead atoms. The molecule has 5 nitrogen and oxygen atoms in total. The summed E-state index contributed by atoms with van der Waals surface area (Å²) in [6.07, 6.45) is 0. The van der Waals surface area contributed by atoms with E-state index in [1.54, 1.807) is 0 Å². The van der Waals surface area contributed by atoms with Crippen LogP contribution in [0.15, 0.2) is 12.1 Å². The average molecular weight is 248 g/mol. The highest BCUT2D eigenvalue weighted by atomic mass is 35.5. The van der Waals surface area contributed by atoms with Gasteiger partial charge in [0.05, 0.1) is 11.5 Å². The number of esters is 1. The van der Waals surface area contributed by atoms with Crippen molar-refractivity contribution in [2.75, 3.05) is 6.61 Å². The van der Waals surface area contributed by atoms with Gasteiger partial charge in [-0.25, -0.2) is 9.18 Å². The summed E-state index contributed by atoms with van der Waals surface area (Å²) >= 11 is 5.48. The Kier molecular flexibility index (Phi) is 3.78. The second-order valence-electron chi connectivity index (χ2n) is 2.76. The third kappa shape index (κ3) is 2.46. The molecule has 0 aliphatic heterocycles. The van der Waals surface area contributed by atoms with Crippen LogP contribution in [0.4, 0.5) is 10.1 Å². The van der Waals surface area contributed by atoms with E-state index < -0.39 is 33.0 Å². The number of nitro benzene ring substituents is 1. The Morgan fingerprint density at radius 1 is 1.62 bits per heavy atom. The Morgan fingerprint density at radius 2 is 2.25 bits per heavy atom. The van der Waals surface area contributed by atoms with Crippen molar-refractivity contribution in [3.63, 3.8) is 0 Å². The van der Waals surface area contributed by atoms with Crippen molar-refractivity contribution < 1.29 is 18.8 Å². The van der Waals surface area contributed by atoms with Crippen LogP contribution in [0.2, 0.25) is 5.02 Å². The number of hydrogen-bond acceptors (Lipinski definition) is 4. The SMILES string of the molecule is CCOC(=O)c1cc(F)cc(Cl)c1[N+](=O)[O-]. The largest absolute Gasteiger partial charge is 0.462 e. The van der Waals surface area contributed by atoms with Crippen LogP contribution in [0.25, 0.3) is 0 Å². The van der Waals surface area contributed by atoms with E-state index in [9.17, 15) is 19.3 Å². The molecule has 0 heterocycles. The van der Waals surface area contributed by atoms with E-state index in [2.05, 4.69) is 4.74 Å². The number of carbonyl (C=O) groups excluding carboxylic acids is 1. The minimum atomic E-state index is -0.976. The third-order valence-corrected chi connectivity index (χ3v) is 1.99. The van der Waals surface area contributed by atoms with E-state index in [1.807, 2.05) is 0 Å². The number of hydrogen-bond donors (Lipinski definition) is 0. The van der Waals surface area contributed by atoms with E-state index in [0.29, 0.717) is 0 Å². The van der Waals surface area contributed by atoms with Crippen LogP contribution in [-0.4, -0.2) is 17.5 Å². The highest BCUT2D eigenvalue weighted by molar-refractivity contribution is 6.33. The van der Waals surface area contributed by atoms with Gasteiger partial charge in [-0.3, -0.25) is 10.1 Å². The zero-order valence-electron chi connectivity index (χ0n) is 8.20. The molecule has 0 N–H and O–H groups in total. The number of rotatable bonds is 3. The number of nitro groups is 1. The molecule has 0 saturated carbocycles. The summed E-state index contributed by atoms with van der Waals surface area (Å²) in [4.78, 5) is 21.1. The zero-order chi connectivity index (χ0) is 12.3. The van der Waals surface area contributed by atoms with Gasteiger partial charge < -0.3 is 4.74 Å². The van der Waals surface area contributed by atoms with Gasteiger partial charge in [0, 0.05) is 0 Å². The molecule has 0 amide bonds. The summed E-state index contributed by atoms with van der Waals surface area (Å²) in [7, 11) is 0. The fraction of sp³-hybridized carbons (Fsp3) is 0.222. The van der Waals surface area contributed by atoms with Crippen molar-refractivity contribution in [3.8, 4) is 0 Å². The van der Waals surface area contributed by atoms with E-state index >= 15 is 0 Å². The molecule has 0 aliphatic rings. The molecule has 0 radical (unpaired) electrons. The quantitative estimate of drug-likeness (QED) is 0.468. The first-order chi connectivity index (χ1) is 7.47. The van der Waals surface area contributed by atoms with Gasteiger partial charge in [0.2, 0.25) is 0 Å². The lowest BCUT2D eigenvalue weighted by atomic mass is 10.2. The van der Waals surface area contributed by atoms with Gasteiger partial charge >= 0.3 is 11.7 Å². The van der Waals surface area contributed by atoms with Crippen LogP contribution in [0, 0.1) is 15.9 Å². The summed E-state index contributed by atoms with van der Waals surface area (Å²) in [5.41, 5.74) is -1.14. The van der Waals surface area contributed by atoms with Crippen LogP contribution >= 0.6 is 11.6 Å². The van der Waals surface area contributed by atoms with Crippen molar-refractivity contribution in [2.45, 2.75) is 6.92 Å². The number of ether oxygens (including phenoxy) is 1. The lowest BCUT2D eigenvalue weighted by molar-refractivity contribution is -0.385. The third-order valence-electron chi connectivity index (χ3n) is 1.71. The molecule has 0 unspecified atom stereocenters. The molecular formula is C9H7ClFNO4. The molecule has 16 heavy (non-hydrogen) atoms. The molecule has 7 heteroatoms. The number of carbonyl (C=O) groups is 1. The first-order valence-electron chi connectivity index (χ1n) is 4.28. The second kappa shape index (κ2) is 4.89. The molecule has 1 aromatic rings. The van der Waals surface area contributed by atoms with Gasteiger partial charge in [-0.15, -0.1) is 0 Å². The average Bonchev–Trinajstić information content (AvgIpc) is 2.15. The maximum Gasteiger partial charge on any atom is 0.345 e. The standard InChI is InChI=1S/C9H7ClFNO4/c1-2-16-9(13)6-3-5(11)4-7(10)8(6)12(14)15/h3-4H,2H2,1H3. The van der Waals surface area contributed by atoms with Gasteiger partial charge in [-0.05, 0) is 19.1 Å². The van der Waals surface area contributed by atoms with Crippen LogP contribution in [0.5, 0.6) is 0 Å². The van der Waals surface area contributed by atoms with Crippen LogP contribution < -0.4 is 0 Å². The normalized spacial score (nSPS) is 9.94. The van der Waals surface area contributed by atoms with Gasteiger partial charge in [0.1, 0.15) is 16.4 Å². The van der Waals surface area contributed by atoms with Crippen molar-refractivity contribution in [2.24, 2.45) is 0 Å². The second-order valence-corrected chi connectivity index (χ2v) is 3.17. The van der Waals surface area contributed by atoms with Crippen molar-refractivity contribution in [3.05, 3.63) is 38.7 Å². The monoisotopic (exact) mass is 247 g/mol. The fourth-order valence-electron chi connectivity index (χ4n) is 1.12. The van der Waals surface area contributed by atoms with Crippen molar-refractivity contribution in [1.29, 1.82) is 0 Å². The minimum Gasteiger partial charge on any atom is -0.462 e. The number of nitrogens with zero attached hydrogens (tertiary/aromatic N) is 1. The molecule has 0 aromatic heterocycles. The van der Waals surface area contributed by atoms with E-state index in [-0.39, 0.29) is 6.61 Å². The summed E-state index contributed by atoms with van der Waals surface area (Å²) in [5.74, 6) is -1.81.